The van der Waals surface area contributed by atoms with E-state index in [0.717, 1.165) is 11.1 Å². The first-order valence-electron chi connectivity index (χ1n) is 3.72. The van der Waals surface area contributed by atoms with E-state index in [9.17, 15) is 9.59 Å². The first-order valence-corrected chi connectivity index (χ1v) is 3.72. The number of nitrogens with zero attached hydrogens (tertiary/aromatic N) is 2. The van der Waals surface area contributed by atoms with Crippen molar-refractivity contribution in [3.63, 3.8) is 0 Å². The molecule has 14 heavy (non-hydrogen) atoms. The van der Waals surface area contributed by atoms with Crippen LogP contribution in [0.15, 0.2) is 10.9 Å². The van der Waals surface area contributed by atoms with Crippen molar-refractivity contribution in [2.45, 2.75) is 0 Å². The van der Waals surface area contributed by atoms with Crippen molar-refractivity contribution in [1.29, 1.82) is 0 Å². The standard InChI is InChI=1S/C7H10N4O3/c1-11(8)7-9-4(6(13)14-2)3-5(12)10-7/h3H,8H2,1-2H3,(H,9,10,12). The molecule has 0 unspecified atom stereocenters. The van der Waals surface area contributed by atoms with Crippen LogP contribution in [0.4, 0.5) is 5.95 Å². The van der Waals surface area contributed by atoms with Crippen molar-refractivity contribution < 1.29 is 9.53 Å². The van der Waals surface area contributed by atoms with Gasteiger partial charge in [0.25, 0.3) is 5.56 Å². The largest absolute Gasteiger partial charge is 0.464 e. The highest BCUT2D eigenvalue weighted by molar-refractivity contribution is 5.87. The number of hydrazine groups is 1. The molecule has 3 N–H and O–H groups in total. The number of anilines is 1. The molecule has 0 atom stereocenters. The zero-order chi connectivity index (χ0) is 10.7. The van der Waals surface area contributed by atoms with Gasteiger partial charge in [-0.2, -0.15) is 0 Å². The molecule has 0 fully saturated rings. The smallest absolute Gasteiger partial charge is 0.357 e. The second-order valence-electron chi connectivity index (χ2n) is 2.56. The molecule has 1 heterocycles. The van der Waals surface area contributed by atoms with Gasteiger partial charge in [-0.15, -0.1) is 0 Å². The Morgan fingerprint density at radius 3 is 2.86 bits per heavy atom. The highest BCUT2D eigenvalue weighted by atomic mass is 16.5. The molecule has 0 aliphatic rings. The van der Waals surface area contributed by atoms with Gasteiger partial charge in [0.05, 0.1) is 7.11 Å². The van der Waals surface area contributed by atoms with E-state index in [2.05, 4.69) is 14.7 Å². The number of ether oxygens (including phenoxy) is 1. The lowest BCUT2D eigenvalue weighted by molar-refractivity contribution is 0.0593. The molecule has 7 nitrogen and oxygen atoms in total. The van der Waals surface area contributed by atoms with E-state index in [1.807, 2.05) is 0 Å². The number of esters is 1. The zero-order valence-electron chi connectivity index (χ0n) is 7.77. The van der Waals surface area contributed by atoms with E-state index in [1.54, 1.807) is 0 Å². The molecule has 76 valence electrons. The van der Waals surface area contributed by atoms with Gasteiger partial charge < -0.3 is 4.74 Å². The number of hydrogen-bond donors (Lipinski definition) is 2. The van der Waals surface area contributed by atoms with Crippen LogP contribution in [0, 0.1) is 0 Å². The summed E-state index contributed by atoms with van der Waals surface area (Å²) in [6.45, 7) is 0. The number of rotatable bonds is 2. The molecule has 0 aliphatic heterocycles. The van der Waals surface area contributed by atoms with Gasteiger partial charge in [0.1, 0.15) is 0 Å². The maximum absolute atomic E-state index is 11.1. The van der Waals surface area contributed by atoms with Gasteiger partial charge in [-0.3, -0.25) is 14.8 Å². The molecule has 0 amide bonds. The highest BCUT2D eigenvalue weighted by Crippen LogP contribution is 2.00. The Balaban J connectivity index is 3.20. The van der Waals surface area contributed by atoms with Gasteiger partial charge >= 0.3 is 5.97 Å². The predicted octanol–water partition coefficient (Wildman–Crippen LogP) is -1.13. The molecule has 1 rings (SSSR count). The Morgan fingerprint density at radius 1 is 1.71 bits per heavy atom. The van der Waals surface area contributed by atoms with Gasteiger partial charge in [0.15, 0.2) is 5.69 Å². The molecular weight excluding hydrogens is 188 g/mol. The summed E-state index contributed by atoms with van der Waals surface area (Å²) in [5.74, 6) is 4.76. The molecule has 7 heteroatoms. The predicted molar refractivity (Wildman–Crippen MR) is 48.8 cm³/mol. The number of carbonyl (C=O) groups is 1. The van der Waals surface area contributed by atoms with Crippen molar-refractivity contribution >= 4 is 11.9 Å². The van der Waals surface area contributed by atoms with E-state index in [-0.39, 0.29) is 11.6 Å². The van der Waals surface area contributed by atoms with Gasteiger partial charge in [-0.1, -0.05) is 0 Å². The topological polar surface area (TPSA) is 101 Å². The van der Waals surface area contributed by atoms with E-state index >= 15 is 0 Å². The van der Waals surface area contributed by atoms with Crippen molar-refractivity contribution in [2.75, 3.05) is 19.2 Å². The molecule has 1 aromatic rings. The average Bonchev–Trinajstić information content (AvgIpc) is 2.15. The number of aromatic nitrogens is 2. The van der Waals surface area contributed by atoms with Gasteiger partial charge in [0, 0.05) is 13.1 Å². The van der Waals surface area contributed by atoms with Crippen LogP contribution in [0.5, 0.6) is 0 Å². The lowest BCUT2D eigenvalue weighted by Crippen LogP contribution is -2.30. The quantitative estimate of drug-likeness (QED) is 0.354. The Bertz CT molecular complexity index is 398. The summed E-state index contributed by atoms with van der Waals surface area (Å²) >= 11 is 0. The molecule has 0 bridgehead atoms. The average molecular weight is 198 g/mol. The molecule has 0 saturated heterocycles. The van der Waals surface area contributed by atoms with Crippen LogP contribution in [0.3, 0.4) is 0 Å². The van der Waals surface area contributed by atoms with E-state index in [1.165, 1.54) is 14.2 Å². The second kappa shape index (κ2) is 3.88. The van der Waals surface area contributed by atoms with Gasteiger partial charge in [-0.05, 0) is 0 Å². The Labute approximate surface area is 79.5 Å². The molecule has 0 aromatic carbocycles. The van der Waals surface area contributed by atoms with Crippen LogP contribution in [0.1, 0.15) is 10.5 Å². The number of nitrogens with two attached hydrogens (primary N) is 1. The van der Waals surface area contributed by atoms with E-state index < -0.39 is 11.5 Å². The molecule has 0 aliphatic carbocycles. The fraction of sp³-hybridized carbons (Fsp3) is 0.286. The summed E-state index contributed by atoms with van der Waals surface area (Å²) in [6, 6.07) is 1.04. The maximum atomic E-state index is 11.1. The summed E-state index contributed by atoms with van der Waals surface area (Å²) < 4.78 is 4.41. The number of aromatic amines is 1. The third kappa shape index (κ3) is 2.07. The number of hydrogen-bond acceptors (Lipinski definition) is 6. The van der Waals surface area contributed by atoms with Crippen molar-refractivity contribution in [3.05, 3.63) is 22.1 Å². The zero-order valence-corrected chi connectivity index (χ0v) is 7.77. The fourth-order valence-electron chi connectivity index (χ4n) is 0.821. The highest BCUT2D eigenvalue weighted by Gasteiger charge is 2.10. The van der Waals surface area contributed by atoms with Crippen LogP contribution in [-0.4, -0.2) is 30.1 Å². The maximum Gasteiger partial charge on any atom is 0.357 e. The normalized spacial score (nSPS) is 9.64. The van der Waals surface area contributed by atoms with Crippen LogP contribution in [0.25, 0.3) is 0 Å². The fourth-order valence-corrected chi connectivity index (χ4v) is 0.821. The monoisotopic (exact) mass is 198 g/mol. The third-order valence-corrected chi connectivity index (χ3v) is 1.46. The minimum Gasteiger partial charge on any atom is -0.464 e. The van der Waals surface area contributed by atoms with Gasteiger partial charge in [-0.25, -0.2) is 15.6 Å². The van der Waals surface area contributed by atoms with Crippen LogP contribution in [0.2, 0.25) is 0 Å². The molecule has 0 saturated carbocycles. The summed E-state index contributed by atoms with van der Waals surface area (Å²) in [6.07, 6.45) is 0. The molecule has 0 radical (unpaired) electrons. The van der Waals surface area contributed by atoms with Crippen LogP contribution < -0.4 is 16.4 Å². The Morgan fingerprint density at radius 2 is 2.36 bits per heavy atom. The minimum absolute atomic E-state index is 0.0800. The number of H-pyrrole nitrogens is 1. The second-order valence-corrected chi connectivity index (χ2v) is 2.56. The van der Waals surface area contributed by atoms with Crippen molar-refractivity contribution in [2.24, 2.45) is 5.84 Å². The third-order valence-electron chi connectivity index (χ3n) is 1.46. The number of carbonyl (C=O) groups excluding carboxylic acids is 1. The lowest BCUT2D eigenvalue weighted by atomic mass is 10.4. The minimum atomic E-state index is -0.681. The van der Waals surface area contributed by atoms with Crippen molar-refractivity contribution in [3.8, 4) is 0 Å². The SMILES string of the molecule is COC(=O)c1cc(=O)[nH]c(N(C)N)n1. The first-order chi connectivity index (χ1) is 6.54. The van der Waals surface area contributed by atoms with Crippen LogP contribution >= 0.6 is 0 Å². The van der Waals surface area contributed by atoms with E-state index in [4.69, 9.17) is 5.84 Å². The van der Waals surface area contributed by atoms with Crippen LogP contribution in [-0.2, 0) is 4.74 Å². The molecule has 1 aromatic heterocycles. The Kier molecular flexibility index (Phi) is 2.82. The summed E-state index contributed by atoms with van der Waals surface area (Å²) in [7, 11) is 2.69. The summed E-state index contributed by atoms with van der Waals surface area (Å²) in [5, 5.41) is 1.09. The lowest BCUT2D eigenvalue weighted by Gasteiger charge is -2.09. The van der Waals surface area contributed by atoms with Crippen molar-refractivity contribution in [1.82, 2.24) is 9.97 Å². The molecular formula is C7H10N4O3. The van der Waals surface area contributed by atoms with Gasteiger partial charge in [0.2, 0.25) is 5.95 Å². The Hall–Kier alpha value is -1.89. The van der Waals surface area contributed by atoms with E-state index in [0.29, 0.717) is 0 Å². The molecule has 0 spiro atoms. The number of nitrogens with one attached hydrogen (secondary N) is 1. The summed E-state index contributed by atoms with van der Waals surface area (Å²) in [5.41, 5.74) is -0.545. The number of methoxy groups -OCH3 is 1. The first kappa shape index (κ1) is 10.2. The summed E-state index contributed by atoms with van der Waals surface area (Å²) in [4.78, 5) is 28.2.